The Morgan fingerprint density at radius 1 is 0.553 bits per heavy atom. The molecule has 2 heterocycles. The number of hydrogen-bond acceptors (Lipinski definition) is 2. The second-order valence-electron chi connectivity index (χ2n) is 9.62. The van der Waals surface area contributed by atoms with Crippen molar-refractivity contribution in [2.45, 2.75) is 0 Å². The van der Waals surface area contributed by atoms with E-state index >= 15 is 0 Å². The predicted molar refractivity (Wildman–Crippen MR) is 162 cm³/mol. The minimum absolute atomic E-state index is 0.952. The van der Waals surface area contributed by atoms with Gasteiger partial charge in [0.25, 0.3) is 0 Å². The standard InChI is InChI=1S/C35H22N2S/c1-2-14-26-23(10-1)11-8-20-31(26)37-32-19-5-4-18-30(32)36-35(37)25-13-7-12-24(22-25)27-16-9-17-29-28-15-3-6-21-33(28)38-34(27)29/h1-22H. The highest BCUT2D eigenvalue weighted by Crippen LogP contribution is 2.41. The summed E-state index contributed by atoms with van der Waals surface area (Å²) in [4.78, 5) is 5.16. The molecule has 2 aromatic heterocycles. The second kappa shape index (κ2) is 8.41. The first kappa shape index (κ1) is 21.4. The summed E-state index contributed by atoms with van der Waals surface area (Å²) in [7, 11) is 0. The number of fused-ring (bicyclic) bond motifs is 5. The van der Waals surface area contributed by atoms with Gasteiger partial charge in [-0.2, -0.15) is 0 Å². The first-order valence-electron chi connectivity index (χ1n) is 12.8. The van der Waals surface area contributed by atoms with Gasteiger partial charge in [0.05, 0.1) is 16.7 Å². The monoisotopic (exact) mass is 502 g/mol. The number of thiophene rings is 1. The van der Waals surface area contributed by atoms with Gasteiger partial charge in [0.2, 0.25) is 0 Å². The fourth-order valence-corrected chi connectivity index (χ4v) is 6.91. The van der Waals surface area contributed by atoms with Crippen LogP contribution in [0.3, 0.4) is 0 Å². The van der Waals surface area contributed by atoms with Crippen molar-refractivity contribution < 1.29 is 0 Å². The maximum atomic E-state index is 5.16. The van der Waals surface area contributed by atoms with Gasteiger partial charge in [-0.15, -0.1) is 11.3 Å². The fraction of sp³-hybridized carbons (Fsp3) is 0. The lowest BCUT2D eigenvalue weighted by Gasteiger charge is -2.13. The van der Waals surface area contributed by atoms with Crippen molar-refractivity contribution in [3.63, 3.8) is 0 Å². The Kier molecular flexibility index (Phi) is 4.73. The van der Waals surface area contributed by atoms with Gasteiger partial charge in [0.15, 0.2) is 0 Å². The first-order valence-corrected chi connectivity index (χ1v) is 13.6. The van der Waals surface area contributed by atoms with Crippen LogP contribution in [0.2, 0.25) is 0 Å². The number of hydrogen-bond donors (Lipinski definition) is 0. The summed E-state index contributed by atoms with van der Waals surface area (Å²) in [6.07, 6.45) is 0. The van der Waals surface area contributed by atoms with E-state index in [0.717, 1.165) is 28.1 Å². The third kappa shape index (κ3) is 3.22. The van der Waals surface area contributed by atoms with E-state index in [4.69, 9.17) is 4.98 Å². The number of aromatic nitrogens is 2. The third-order valence-corrected chi connectivity index (χ3v) is 8.62. The minimum atomic E-state index is 0.952. The van der Waals surface area contributed by atoms with Gasteiger partial charge in [0.1, 0.15) is 5.82 Å². The maximum absolute atomic E-state index is 5.16. The summed E-state index contributed by atoms with van der Waals surface area (Å²) in [6, 6.07) is 47.7. The van der Waals surface area contributed by atoms with Crippen molar-refractivity contribution in [3.8, 4) is 28.2 Å². The quantitative estimate of drug-likeness (QED) is 0.235. The van der Waals surface area contributed by atoms with Crippen molar-refractivity contribution >= 4 is 53.3 Å². The molecule has 178 valence electrons. The van der Waals surface area contributed by atoms with E-state index < -0.39 is 0 Å². The lowest BCUT2D eigenvalue weighted by atomic mass is 10.0. The van der Waals surface area contributed by atoms with E-state index in [1.807, 2.05) is 11.3 Å². The fourth-order valence-electron chi connectivity index (χ4n) is 5.67. The number of nitrogens with zero attached hydrogens (tertiary/aromatic N) is 2. The molecule has 8 rings (SSSR count). The maximum Gasteiger partial charge on any atom is 0.145 e. The Morgan fingerprint density at radius 3 is 2.24 bits per heavy atom. The van der Waals surface area contributed by atoms with Crippen molar-refractivity contribution in [1.82, 2.24) is 9.55 Å². The highest BCUT2D eigenvalue weighted by molar-refractivity contribution is 7.26. The minimum Gasteiger partial charge on any atom is -0.292 e. The number of benzene rings is 6. The number of para-hydroxylation sites is 2. The Bertz CT molecular complexity index is 2140. The van der Waals surface area contributed by atoms with Crippen LogP contribution in [-0.4, -0.2) is 9.55 Å². The highest BCUT2D eigenvalue weighted by atomic mass is 32.1. The zero-order valence-electron chi connectivity index (χ0n) is 20.5. The van der Waals surface area contributed by atoms with Gasteiger partial charge >= 0.3 is 0 Å². The van der Waals surface area contributed by atoms with Crippen LogP contribution >= 0.6 is 11.3 Å². The van der Waals surface area contributed by atoms with E-state index in [0.29, 0.717) is 0 Å². The lowest BCUT2D eigenvalue weighted by molar-refractivity contribution is 1.11. The zero-order valence-corrected chi connectivity index (χ0v) is 21.3. The summed E-state index contributed by atoms with van der Waals surface area (Å²) in [5.41, 5.74) is 6.81. The van der Waals surface area contributed by atoms with Crippen molar-refractivity contribution in [2.24, 2.45) is 0 Å². The second-order valence-corrected chi connectivity index (χ2v) is 10.7. The van der Waals surface area contributed by atoms with E-state index in [1.165, 1.54) is 42.1 Å². The van der Waals surface area contributed by atoms with Gasteiger partial charge in [0, 0.05) is 31.1 Å². The molecule has 2 nitrogen and oxygen atoms in total. The van der Waals surface area contributed by atoms with E-state index in [1.54, 1.807) is 0 Å². The SMILES string of the molecule is c1cc(-c2cccc3c2sc2ccccc23)cc(-c2nc3ccccc3n2-c2cccc3ccccc23)c1. The average Bonchev–Trinajstić information content (AvgIpc) is 3.56. The topological polar surface area (TPSA) is 17.8 Å². The summed E-state index contributed by atoms with van der Waals surface area (Å²) in [5, 5.41) is 5.07. The number of imidazole rings is 1. The molecule has 0 bridgehead atoms. The summed E-state index contributed by atoms with van der Waals surface area (Å²) >= 11 is 1.87. The Labute approximate surface area is 224 Å². The predicted octanol–water partition coefficient (Wildman–Crippen LogP) is 9.88. The molecule has 0 aliphatic carbocycles. The molecule has 0 spiro atoms. The van der Waals surface area contributed by atoms with E-state index in [2.05, 4.69) is 138 Å². The van der Waals surface area contributed by atoms with Gasteiger partial charge < -0.3 is 0 Å². The van der Waals surface area contributed by atoms with Crippen molar-refractivity contribution in [1.29, 1.82) is 0 Å². The van der Waals surface area contributed by atoms with Gasteiger partial charge in [-0.25, -0.2) is 4.98 Å². The molecule has 3 heteroatoms. The molecule has 0 saturated carbocycles. The molecule has 0 fully saturated rings. The van der Waals surface area contributed by atoms with Crippen LogP contribution < -0.4 is 0 Å². The number of rotatable bonds is 3. The van der Waals surface area contributed by atoms with E-state index in [-0.39, 0.29) is 0 Å². The smallest absolute Gasteiger partial charge is 0.145 e. The van der Waals surface area contributed by atoms with Crippen LogP contribution in [0.15, 0.2) is 133 Å². The van der Waals surface area contributed by atoms with Crippen LogP contribution in [-0.2, 0) is 0 Å². The van der Waals surface area contributed by atoms with Crippen LogP contribution in [0.4, 0.5) is 0 Å². The first-order chi connectivity index (χ1) is 18.8. The van der Waals surface area contributed by atoms with Crippen LogP contribution in [0.5, 0.6) is 0 Å². The molecule has 38 heavy (non-hydrogen) atoms. The van der Waals surface area contributed by atoms with Gasteiger partial charge in [-0.05, 0) is 46.8 Å². The van der Waals surface area contributed by atoms with Crippen LogP contribution in [0.25, 0.3) is 70.2 Å². The highest BCUT2D eigenvalue weighted by Gasteiger charge is 2.17. The molecule has 0 radical (unpaired) electrons. The molecule has 0 atom stereocenters. The van der Waals surface area contributed by atoms with Crippen molar-refractivity contribution in [2.75, 3.05) is 0 Å². The molecule has 0 aliphatic heterocycles. The summed E-state index contributed by atoms with van der Waals surface area (Å²) in [5.74, 6) is 0.952. The average molecular weight is 503 g/mol. The molecular formula is C35H22N2S. The van der Waals surface area contributed by atoms with E-state index in [9.17, 15) is 0 Å². The molecular weight excluding hydrogens is 480 g/mol. The molecule has 8 aromatic rings. The van der Waals surface area contributed by atoms with Crippen LogP contribution in [0, 0.1) is 0 Å². The molecule has 6 aromatic carbocycles. The normalized spacial score (nSPS) is 11.7. The van der Waals surface area contributed by atoms with Crippen molar-refractivity contribution in [3.05, 3.63) is 133 Å². The van der Waals surface area contributed by atoms with Gasteiger partial charge in [-0.1, -0.05) is 103 Å². The summed E-state index contributed by atoms with van der Waals surface area (Å²) < 4.78 is 4.97. The molecule has 0 aliphatic rings. The van der Waals surface area contributed by atoms with Gasteiger partial charge in [-0.3, -0.25) is 4.57 Å². The molecule has 0 N–H and O–H groups in total. The molecule has 0 unspecified atom stereocenters. The lowest BCUT2D eigenvalue weighted by Crippen LogP contribution is -1.99. The van der Waals surface area contributed by atoms with Crippen LogP contribution in [0.1, 0.15) is 0 Å². The largest absolute Gasteiger partial charge is 0.292 e. The molecule has 0 amide bonds. The molecule has 0 saturated heterocycles. The Hall–Kier alpha value is -4.73. The Balaban J connectivity index is 1.38. The summed E-state index contributed by atoms with van der Waals surface area (Å²) in [6.45, 7) is 0. The zero-order chi connectivity index (χ0) is 25.1. The third-order valence-electron chi connectivity index (χ3n) is 7.40. The Morgan fingerprint density at radius 2 is 1.26 bits per heavy atom.